The fraction of sp³-hybridized carbons (Fsp3) is 0.579. The molecule has 26 heavy (non-hydrogen) atoms. The number of benzene rings is 1. The van der Waals surface area contributed by atoms with Crippen molar-refractivity contribution in [2.24, 2.45) is 5.92 Å². The first-order valence-electron chi connectivity index (χ1n) is 9.38. The number of methoxy groups -OCH3 is 1. The number of hydrogen-bond acceptors (Lipinski definition) is 4. The van der Waals surface area contributed by atoms with Gasteiger partial charge in [-0.1, -0.05) is 0 Å². The van der Waals surface area contributed by atoms with Crippen LogP contribution in [0.2, 0.25) is 0 Å². The SMILES string of the molecule is COc1ccc(N2CC[NH+](CN3C(=O)N[C@@](C)(C4CC4)C3=O)CC2)cc1. The predicted molar refractivity (Wildman–Crippen MR) is 97.3 cm³/mol. The minimum absolute atomic E-state index is 0.0462. The van der Waals surface area contributed by atoms with Gasteiger partial charge in [0.1, 0.15) is 11.3 Å². The van der Waals surface area contributed by atoms with E-state index in [1.54, 1.807) is 7.11 Å². The van der Waals surface area contributed by atoms with Crippen LogP contribution in [0.3, 0.4) is 0 Å². The molecule has 0 spiro atoms. The van der Waals surface area contributed by atoms with Gasteiger partial charge in [0.05, 0.1) is 33.3 Å². The van der Waals surface area contributed by atoms with Crippen molar-refractivity contribution in [1.29, 1.82) is 0 Å². The van der Waals surface area contributed by atoms with E-state index in [1.165, 1.54) is 15.5 Å². The molecule has 0 unspecified atom stereocenters. The Bertz CT molecular complexity index is 695. The van der Waals surface area contributed by atoms with E-state index < -0.39 is 5.54 Å². The summed E-state index contributed by atoms with van der Waals surface area (Å²) >= 11 is 0. The summed E-state index contributed by atoms with van der Waals surface area (Å²) in [5.41, 5.74) is 0.502. The molecule has 0 aromatic heterocycles. The van der Waals surface area contributed by atoms with Gasteiger partial charge in [0.15, 0.2) is 6.67 Å². The molecule has 2 heterocycles. The second kappa shape index (κ2) is 6.46. The number of anilines is 1. The summed E-state index contributed by atoms with van der Waals surface area (Å²) in [5.74, 6) is 1.12. The maximum Gasteiger partial charge on any atom is 0.329 e. The number of quaternary nitrogens is 1. The first-order valence-corrected chi connectivity index (χ1v) is 9.38. The van der Waals surface area contributed by atoms with Crippen molar-refractivity contribution in [1.82, 2.24) is 10.2 Å². The maximum absolute atomic E-state index is 12.7. The second-order valence-electron chi connectivity index (χ2n) is 7.73. The smallest absolute Gasteiger partial charge is 0.329 e. The Morgan fingerprint density at radius 2 is 1.85 bits per heavy atom. The molecular weight excluding hydrogens is 332 g/mol. The Morgan fingerprint density at radius 3 is 2.42 bits per heavy atom. The van der Waals surface area contributed by atoms with Crippen LogP contribution >= 0.6 is 0 Å². The molecule has 140 valence electrons. The molecule has 2 saturated heterocycles. The molecule has 0 radical (unpaired) electrons. The summed E-state index contributed by atoms with van der Waals surface area (Å²) in [6.07, 6.45) is 2.06. The number of nitrogens with one attached hydrogen (secondary N) is 2. The van der Waals surface area contributed by atoms with Gasteiger partial charge in [0.2, 0.25) is 0 Å². The first-order chi connectivity index (χ1) is 12.5. The van der Waals surface area contributed by atoms with E-state index in [2.05, 4.69) is 22.3 Å². The fourth-order valence-electron chi connectivity index (χ4n) is 4.05. The fourth-order valence-corrected chi connectivity index (χ4v) is 4.05. The number of carbonyl (C=O) groups is 2. The number of nitrogens with zero attached hydrogens (tertiary/aromatic N) is 2. The van der Waals surface area contributed by atoms with E-state index in [1.807, 2.05) is 19.1 Å². The Hall–Kier alpha value is -2.28. The number of piperazine rings is 1. The van der Waals surface area contributed by atoms with Crippen LogP contribution in [0, 0.1) is 5.92 Å². The van der Waals surface area contributed by atoms with Gasteiger partial charge in [-0.3, -0.25) is 4.79 Å². The van der Waals surface area contributed by atoms with Gasteiger partial charge in [-0.05, 0) is 49.9 Å². The van der Waals surface area contributed by atoms with Crippen LogP contribution in [-0.4, -0.2) is 62.3 Å². The normalized spacial score (nSPS) is 27.0. The lowest BCUT2D eigenvalue weighted by molar-refractivity contribution is -0.907. The average Bonchev–Trinajstić information content (AvgIpc) is 3.49. The number of carbonyl (C=O) groups excluding carboxylic acids is 2. The monoisotopic (exact) mass is 359 g/mol. The lowest BCUT2D eigenvalue weighted by Gasteiger charge is -2.34. The predicted octanol–water partition coefficient (Wildman–Crippen LogP) is 0.0781. The van der Waals surface area contributed by atoms with Gasteiger partial charge in [-0.15, -0.1) is 0 Å². The minimum Gasteiger partial charge on any atom is -0.497 e. The summed E-state index contributed by atoms with van der Waals surface area (Å²) in [6, 6.07) is 7.86. The van der Waals surface area contributed by atoms with Gasteiger partial charge in [0.25, 0.3) is 5.91 Å². The zero-order chi connectivity index (χ0) is 18.3. The molecule has 3 aliphatic rings. The van der Waals surface area contributed by atoms with Crippen LogP contribution in [0.5, 0.6) is 5.75 Å². The van der Waals surface area contributed by atoms with E-state index in [0.717, 1.165) is 44.8 Å². The zero-order valence-electron chi connectivity index (χ0n) is 15.5. The molecular formula is C19H27N4O3+. The summed E-state index contributed by atoms with van der Waals surface area (Å²) in [4.78, 5) is 30.1. The second-order valence-corrected chi connectivity index (χ2v) is 7.73. The molecule has 1 saturated carbocycles. The summed E-state index contributed by atoms with van der Waals surface area (Å²) in [7, 11) is 1.67. The highest BCUT2D eigenvalue weighted by molar-refractivity contribution is 6.07. The number of rotatable bonds is 5. The number of urea groups is 1. The van der Waals surface area contributed by atoms with E-state index >= 15 is 0 Å². The summed E-state index contributed by atoms with van der Waals surface area (Å²) in [6.45, 7) is 5.97. The van der Waals surface area contributed by atoms with E-state index in [9.17, 15) is 9.59 Å². The summed E-state index contributed by atoms with van der Waals surface area (Å²) < 4.78 is 5.21. The number of amides is 3. The molecule has 1 aliphatic carbocycles. The van der Waals surface area contributed by atoms with Crippen molar-refractivity contribution in [2.45, 2.75) is 25.3 Å². The van der Waals surface area contributed by atoms with Crippen molar-refractivity contribution in [3.63, 3.8) is 0 Å². The Morgan fingerprint density at radius 1 is 1.19 bits per heavy atom. The highest BCUT2D eigenvalue weighted by Gasteiger charge is 2.56. The third-order valence-electron chi connectivity index (χ3n) is 5.98. The third-order valence-corrected chi connectivity index (χ3v) is 5.98. The van der Waals surface area contributed by atoms with E-state index in [-0.39, 0.29) is 11.9 Å². The van der Waals surface area contributed by atoms with Crippen molar-refractivity contribution < 1.29 is 19.2 Å². The largest absolute Gasteiger partial charge is 0.497 e. The van der Waals surface area contributed by atoms with Crippen LogP contribution < -0.4 is 19.9 Å². The third kappa shape index (κ3) is 3.00. The Kier molecular flexibility index (Phi) is 4.26. The maximum atomic E-state index is 12.7. The molecule has 3 fully saturated rings. The lowest BCUT2D eigenvalue weighted by Crippen LogP contribution is -3.16. The quantitative estimate of drug-likeness (QED) is 0.731. The van der Waals surface area contributed by atoms with E-state index in [0.29, 0.717) is 12.6 Å². The Labute approximate surface area is 153 Å². The van der Waals surface area contributed by atoms with Crippen LogP contribution in [0.15, 0.2) is 24.3 Å². The van der Waals surface area contributed by atoms with Gasteiger partial charge in [-0.2, -0.15) is 0 Å². The molecule has 4 rings (SSSR count). The average molecular weight is 359 g/mol. The molecule has 1 atom stereocenters. The van der Waals surface area contributed by atoms with Crippen molar-refractivity contribution >= 4 is 17.6 Å². The van der Waals surface area contributed by atoms with E-state index in [4.69, 9.17) is 4.74 Å². The molecule has 7 nitrogen and oxygen atoms in total. The molecule has 3 amide bonds. The van der Waals surface area contributed by atoms with Gasteiger partial charge in [0, 0.05) is 5.69 Å². The Balaban J connectivity index is 1.33. The number of ether oxygens (including phenoxy) is 1. The summed E-state index contributed by atoms with van der Waals surface area (Å²) in [5, 5.41) is 2.93. The topological polar surface area (TPSA) is 66.3 Å². The highest BCUT2D eigenvalue weighted by Crippen LogP contribution is 2.42. The minimum atomic E-state index is -0.679. The van der Waals surface area contributed by atoms with Gasteiger partial charge >= 0.3 is 6.03 Å². The number of imide groups is 1. The highest BCUT2D eigenvalue weighted by atomic mass is 16.5. The lowest BCUT2D eigenvalue weighted by atomic mass is 9.96. The zero-order valence-corrected chi connectivity index (χ0v) is 15.5. The van der Waals surface area contributed by atoms with Crippen LogP contribution in [0.4, 0.5) is 10.5 Å². The molecule has 7 heteroatoms. The van der Waals surface area contributed by atoms with Crippen molar-refractivity contribution in [3.05, 3.63) is 24.3 Å². The first kappa shape index (κ1) is 17.1. The van der Waals surface area contributed by atoms with Gasteiger partial charge in [-0.25, -0.2) is 9.69 Å². The van der Waals surface area contributed by atoms with Crippen LogP contribution in [0.25, 0.3) is 0 Å². The molecule has 2 N–H and O–H groups in total. The molecule has 1 aromatic carbocycles. The van der Waals surface area contributed by atoms with Crippen LogP contribution in [0.1, 0.15) is 19.8 Å². The molecule has 0 bridgehead atoms. The molecule has 1 aromatic rings. The molecule has 2 aliphatic heterocycles. The standard InChI is InChI=1S/C19H26N4O3/c1-19(14-3-4-14)17(24)23(18(25)20-19)13-21-9-11-22(12-10-21)15-5-7-16(26-2)8-6-15/h5-8,14H,3-4,9-13H2,1-2H3,(H,20,25)/p+1/t19-/m0/s1. The van der Waals surface area contributed by atoms with Crippen LogP contribution in [-0.2, 0) is 4.79 Å². The van der Waals surface area contributed by atoms with Crippen molar-refractivity contribution in [3.8, 4) is 5.75 Å². The van der Waals surface area contributed by atoms with Crippen molar-refractivity contribution in [2.75, 3.05) is 44.9 Å². The number of hydrogen-bond donors (Lipinski definition) is 2. The van der Waals surface area contributed by atoms with Gasteiger partial charge < -0.3 is 19.9 Å².